The van der Waals surface area contributed by atoms with E-state index >= 15 is 0 Å². The van der Waals surface area contributed by atoms with Crippen molar-refractivity contribution in [2.45, 2.75) is 302 Å². The lowest BCUT2D eigenvalue weighted by molar-refractivity contribution is -0.151. The highest BCUT2D eigenvalue weighted by Gasteiger charge is 2.24. The van der Waals surface area contributed by atoms with Crippen LogP contribution in [0.25, 0.3) is 0 Å². The highest BCUT2D eigenvalue weighted by atomic mass is 16.5. The lowest BCUT2D eigenvalue weighted by atomic mass is 10.0. The molecule has 3 atom stereocenters. The zero-order valence-electron chi connectivity index (χ0n) is 39.2. The number of allylic oxidation sites excluding steroid dienone is 2. The summed E-state index contributed by atoms with van der Waals surface area (Å²) in [6.07, 6.45) is 51.3. The predicted octanol–water partition coefficient (Wildman–Crippen LogP) is 15.3. The molecule has 344 valence electrons. The summed E-state index contributed by atoms with van der Waals surface area (Å²) in [5.41, 5.74) is 0. The summed E-state index contributed by atoms with van der Waals surface area (Å²) in [6.45, 7) is 6.49. The molecule has 0 radical (unpaired) electrons. The molecule has 0 aromatic carbocycles. The fourth-order valence-corrected chi connectivity index (χ4v) is 8.13. The van der Waals surface area contributed by atoms with Gasteiger partial charge in [0.05, 0.1) is 25.2 Å². The van der Waals surface area contributed by atoms with Gasteiger partial charge < -0.3 is 20.3 Å². The third-order valence-corrected chi connectivity index (χ3v) is 12.1. The van der Waals surface area contributed by atoms with Crippen molar-refractivity contribution in [2.75, 3.05) is 6.61 Å². The molecule has 3 unspecified atom stereocenters. The van der Waals surface area contributed by atoms with Crippen LogP contribution in [0, 0.1) is 0 Å². The number of rotatable bonds is 47. The van der Waals surface area contributed by atoms with E-state index in [0.29, 0.717) is 19.3 Å². The molecule has 0 heterocycles. The number of aliphatic hydroxyl groups is 2. The van der Waals surface area contributed by atoms with Crippen molar-refractivity contribution in [1.29, 1.82) is 0 Å². The smallest absolute Gasteiger partial charge is 0.306 e. The normalized spacial score (nSPS) is 13.3. The van der Waals surface area contributed by atoms with Crippen molar-refractivity contribution < 1.29 is 24.5 Å². The van der Waals surface area contributed by atoms with Crippen molar-refractivity contribution in [1.82, 2.24) is 5.32 Å². The van der Waals surface area contributed by atoms with E-state index < -0.39 is 18.2 Å². The van der Waals surface area contributed by atoms with Crippen molar-refractivity contribution in [3.05, 3.63) is 12.2 Å². The summed E-state index contributed by atoms with van der Waals surface area (Å²) in [4.78, 5) is 26.1. The van der Waals surface area contributed by atoms with E-state index in [1.165, 1.54) is 180 Å². The Balaban J connectivity index is 4.54. The number of amides is 1. The van der Waals surface area contributed by atoms with Crippen LogP contribution < -0.4 is 5.32 Å². The number of carbonyl (C=O) groups excluding carboxylic acids is 2. The van der Waals surface area contributed by atoms with Gasteiger partial charge in [-0.3, -0.25) is 9.59 Å². The molecule has 0 aliphatic rings. The number of esters is 1. The van der Waals surface area contributed by atoms with E-state index in [1.54, 1.807) is 0 Å². The van der Waals surface area contributed by atoms with Gasteiger partial charge in [0, 0.05) is 6.42 Å². The highest BCUT2D eigenvalue weighted by Crippen LogP contribution is 2.18. The molecule has 0 saturated carbocycles. The van der Waals surface area contributed by atoms with Crippen molar-refractivity contribution in [3.63, 3.8) is 0 Å². The van der Waals surface area contributed by atoms with Crippen LogP contribution in [0.5, 0.6) is 0 Å². The van der Waals surface area contributed by atoms with Crippen LogP contribution in [-0.2, 0) is 14.3 Å². The first-order chi connectivity index (χ1) is 28.5. The van der Waals surface area contributed by atoms with Gasteiger partial charge in [0.2, 0.25) is 5.91 Å². The maximum absolute atomic E-state index is 13.2. The molecule has 0 fully saturated rings. The predicted molar refractivity (Wildman–Crippen MR) is 250 cm³/mol. The Morgan fingerprint density at radius 2 is 0.828 bits per heavy atom. The lowest BCUT2D eigenvalue weighted by Crippen LogP contribution is -2.46. The molecule has 58 heavy (non-hydrogen) atoms. The number of aliphatic hydroxyl groups excluding tert-OH is 2. The maximum Gasteiger partial charge on any atom is 0.306 e. The second kappa shape index (κ2) is 46.7. The molecule has 0 bridgehead atoms. The zero-order chi connectivity index (χ0) is 42.4. The summed E-state index contributed by atoms with van der Waals surface area (Å²) in [6, 6.07) is -0.699. The average Bonchev–Trinajstić information content (AvgIpc) is 3.22. The molecule has 0 spiro atoms. The fraction of sp³-hybridized carbons (Fsp3) is 0.923. The van der Waals surface area contributed by atoms with Gasteiger partial charge >= 0.3 is 5.97 Å². The monoisotopic (exact) mass is 820 g/mol. The van der Waals surface area contributed by atoms with Crippen LogP contribution in [0.2, 0.25) is 0 Å². The zero-order valence-corrected chi connectivity index (χ0v) is 39.2. The van der Waals surface area contributed by atoms with Gasteiger partial charge in [-0.15, -0.1) is 0 Å². The standard InChI is InChI=1S/C52H101NO5/c1-4-7-10-13-16-19-22-24-25-26-28-29-31-34-37-40-43-48(58-52(57)45-42-39-36-33-21-18-15-12-9-6-3)46-51(56)53-49(47-54)50(55)44-41-38-35-32-30-27-23-20-17-14-11-8-5-2/h28-29,48-50,54-55H,4-27,30-47H2,1-3H3,(H,53,56)/b29-28+. The van der Waals surface area contributed by atoms with Crippen LogP contribution in [0.15, 0.2) is 12.2 Å². The van der Waals surface area contributed by atoms with Crippen LogP contribution in [-0.4, -0.2) is 46.9 Å². The Morgan fingerprint density at radius 1 is 0.483 bits per heavy atom. The molecule has 0 saturated heterocycles. The van der Waals surface area contributed by atoms with Crippen LogP contribution in [0.4, 0.5) is 0 Å². The van der Waals surface area contributed by atoms with Gasteiger partial charge in [-0.25, -0.2) is 0 Å². The summed E-state index contributed by atoms with van der Waals surface area (Å²) >= 11 is 0. The van der Waals surface area contributed by atoms with E-state index in [4.69, 9.17) is 4.74 Å². The quantitative estimate of drug-likeness (QED) is 0.0323. The Bertz CT molecular complexity index is 878. The molecule has 0 aromatic rings. The molecule has 0 aliphatic heterocycles. The summed E-state index contributed by atoms with van der Waals surface area (Å²) in [5.74, 6) is -0.474. The number of nitrogens with one attached hydrogen (secondary N) is 1. The number of ether oxygens (including phenoxy) is 1. The first-order valence-corrected chi connectivity index (χ1v) is 25.9. The van der Waals surface area contributed by atoms with Crippen LogP contribution in [0.1, 0.15) is 284 Å². The van der Waals surface area contributed by atoms with Crippen molar-refractivity contribution >= 4 is 11.9 Å². The SMILES string of the molecule is CCCCCCCCCCC/C=C/CCCCCC(CC(=O)NC(CO)C(O)CCCCCCCCCCCCCCC)OC(=O)CCCCCCCCCCCC. The van der Waals surface area contributed by atoms with Gasteiger partial charge in [-0.1, -0.05) is 232 Å². The second-order valence-electron chi connectivity index (χ2n) is 17.9. The van der Waals surface area contributed by atoms with Gasteiger partial charge in [-0.05, 0) is 51.4 Å². The van der Waals surface area contributed by atoms with Gasteiger partial charge in [0.15, 0.2) is 0 Å². The third-order valence-electron chi connectivity index (χ3n) is 12.1. The van der Waals surface area contributed by atoms with Gasteiger partial charge in [0.25, 0.3) is 0 Å². The second-order valence-corrected chi connectivity index (χ2v) is 17.9. The Labute approximate surface area is 361 Å². The van der Waals surface area contributed by atoms with E-state index in [-0.39, 0.29) is 24.9 Å². The molecule has 1 amide bonds. The highest BCUT2D eigenvalue weighted by molar-refractivity contribution is 5.77. The lowest BCUT2D eigenvalue weighted by Gasteiger charge is -2.24. The molecule has 6 heteroatoms. The minimum atomic E-state index is -0.785. The molecule has 0 rings (SSSR count). The maximum atomic E-state index is 13.2. The van der Waals surface area contributed by atoms with Crippen molar-refractivity contribution in [3.8, 4) is 0 Å². The van der Waals surface area contributed by atoms with Crippen molar-refractivity contribution in [2.24, 2.45) is 0 Å². The average molecular weight is 820 g/mol. The first kappa shape index (κ1) is 56.6. The fourth-order valence-electron chi connectivity index (χ4n) is 8.13. The van der Waals surface area contributed by atoms with Gasteiger partial charge in [-0.2, -0.15) is 0 Å². The van der Waals surface area contributed by atoms with Gasteiger partial charge in [0.1, 0.15) is 6.10 Å². The minimum Gasteiger partial charge on any atom is -0.462 e. The van der Waals surface area contributed by atoms with Crippen LogP contribution in [0.3, 0.4) is 0 Å². The Kier molecular flexibility index (Phi) is 45.5. The Morgan fingerprint density at radius 3 is 1.24 bits per heavy atom. The van der Waals surface area contributed by atoms with E-state index in [9.17, 15) is 19.8 Å². The summed E-state index contributed by atoms with van der Waals surface area (Å²) < 4.78 is 5.92. The largest absolute Gasteiger partial charge is 0.462 e. The van der Waals surface area contributed by atoms with E-state index in [2.05, 4.69) is 38.2 Å². The molecule has 0 aromatic heterocycles. The number of hydrogen-bond acceptors (Lipinski definition) is 5. The Hall–Kier alpha value is -1.40. The van der Waals surface area contributed by atoms with E-state index in [0.717, 1.165) is 57.8 Å². The van der Waals surface area contributed by atoms with Crippen LogP contribution >= 0.6 is 0 Å². The first-order valence-electron chi connectivity index (χ1n) is 25.9. The molecule has 3 N–H and O–H groups in total. The number of hydrogen-bond donors (Lipinski definition) is 3. The number of unbranched alkanes of at least 4 members (excludes halogenated alkanes) is 33. The minimum absolute atomic E-state index is 0.0738. The third kappa shape index (κ3) is 41.3. The van der Waals surface area contributed by atoms with E-state index in [1.807, 2.05) is 0 Å². The molecule has 0 aliphatic carbocycles. The molecular weight excluding hydrogens is 719 g/mol. The summed E-state index contributed by atoms with van der Waals surface area (Å²) in [5, 5.41) is 23.7. The molecule has 6 nitrogen and oxygen atoms in total. The number of carbonyl (C=O) groups is 2. The summed E-state index contributed by atoms with van der Waals surface area (Å²) in [7, 11) is 0. The topological polar surface area (TPSA) is 95.9 Å². The molecular formula is C52H101NO5.